The van der Waals surface area contributed by atoms with Gasteiger partial charge in [0.2, 0.25) is 0 Å². The zero-order chi connectivity index (χ0) is 12.1. The van der Waals surface area contributed by atoms with Crippen LogP contribution in [0.15, 0.2) is 21.8 Å². The van der Waals surface area contributed by atoms with Crippen LogP contribution in [0.3, 0.4) is 0 Å². The molecule has 0 radical (unpaired) electrons. The average Bonchev–Trinajstić information content (AvgIpc) is 2.99. The quantitative estimate of drug-likeness (QED) is 0.876. The van der Waals surface area contributed by atoms with Crippen molar-refractivity contribution < 1.29 is 4.52 Å². The second-order valence-corrected chi connectivity index (χ2v) is 5.44. The van der Waals surface area contributed by atoms with E-state index in [1.165, 1.54) is 12.8 Å². The van der Waals surface area contributed by atoms with Gasteiger partial charge in [0.25, 0.3) is 0 Å². The Bertz CT molecular complexity index is 360. The molecular formula is C12H19N3OS. The monoisotopic (exact) mass is 253 g/mol. The molecule has 1 N–H and O–H groups in total. The molecule has 1 aliphatic heterocycles. The maximum Gasteiger partial charge on any atom is 0.157 e. The van der Waals surface area contributed by atoms with Crippen LogP contribution in [-0.2, 0) is 6.54 Å². The molecule has 1 aliphatic rings. The zero-order valence-electron chi connectivity index (χ0n) is 10.3. The van der Waals surface area contributed by atoms with E-state index < -0.39 is 0 Å². The Balaban J connectivity index is 1.77. The van der Waals surface area contributed by atoms with Crippen molar-refractivity contribution in [3.63, 3.8) is 0 Å². The SMILES string of the molecule is CCC(CC)C1CN=C(NCc2ccno2)S1. The van der Waals surface area contributed by atoms with Crippen LogP contribution in [0.4, 0.5) is 0 Å². The number of rotatable bonds is 5. The molecule has 1 atom stereocenters. The minimum Gasteiger partial charge on any atom is -0.360 e. The molecule has 0 amide bonds. The third-order valence-electron chi connectivity index (χ3n) is 3.16. The lowest BCUT2D eigenvalue weighted by Crippen LogP contribution is -2.21. The topological polar surface area (TPSA) is 50.4 Å². The first-order valence-corrected chi connectivity index (χ1v) is 7.06. The molecular weight excluding hydrogens is 234 g/mol. The number of aliphatic imine (C=N–C) groups is 1. The summed E-state index contributed by atoms with van der Waals surface area (Å²) in [5.74, 6) is 1.62. The van der Waals surface area contributed by atoms with Crippen LogP contribution in [0.25, 0.3) is 0 Å². The molecule has 4 nitrogen and oxygen atoms in total. The normalized spacial score (nSPS) is 19.7. The molecule has 1 aromatic heterocycles. The van der Waals surface area contributed by atoms with Crippen molar-refractivity contribution in [1.82, 2.24) is 10.5 Å². The van der Waals surface area contributed by atoms with E-state index in [1.54, 1.807) is 6.20 Å². The van der Waals surface area contributed by atoms with Crippen LogP contribution in [0.2, 0.25) is 0 Å². The van der Waals surface area contributed by atoms with Crippen molar-refractivity contribution in [1.29, 1.82) is 0 Å². The Morgan fingerprint density at radius 2 is 2.35 bits per heavy atom. The Hall–Kier alpha value is -0.970. The van der Waals surface area contributed by atoms with Gasteiger partial charge in [-0.15, -0.1) is 0 Å². The Morgan fingerprint density at radius 3 is 3.00 bits per heavy atom. The molecule has 2 heterocycles. The van der Waals surface area contributed by atoms with Crippen molar-refractivity contribution in [2.45, 2.75) is 38.5 Å². The van der Waals surface area contributed by atoms with Gasteiger partial charge >= 0.3 is 0 Å². The Labute approximate surface area is 106 Å². The molecule has 2 rings (SSSR count). The summed E-state index contributed by atoms with van der Waals surface area (Å²) in [6.07, 6.45) is 4.13. The summed E-state index contributed by atoms with van der Waals surface area (Å²) >= 11 is 1.87. The first-order valence-electron chi connectivity index (χ1n) is 6.18. The van der Waals surface area contributed by atoms with Gasteiger partial charge in [-0.1, -0.05) is 43.6 Å². The third kappa shape index (κ3) is 3.25. The maximum atomic E-state index is 5.03. The van der Waals surface area contributed by atoms with Gasteiger partial charge < -0.3 is 9.84 Å². The van der Waals surface area contributed by atoms with Gasteiger partial charge in [-0.25, -0.2) is 0 Å². The Morgan fingerprint density at radius 1 is 1.53 bits per heavy atom. The molecule has 1 aromatic rings. The van der Waals surface area contributed by atoms with Crippen molar-refractivity contribution in [2.24, 2.45) is 10.9 Å². The third-order valence-corrected chi connectivity index (χ3v) is 4.49. The van der Waals surface area contributed by atoms with E-state index in [0.29, 0.717) is 11.8 Å². The molecule has 0 bridgehead atoms. The van der Waals surface area contributed by atoms with Crippen molar-refractivity contribution >= 4 is 16.9 Å². The average molecular weight is 253 g/mol. The highest BCUT2D eigenvalue weighted by atomic mass is 32.2. The minimum absolute atomic E-state index is 0.641. The lowest BCUT2D eigenvalue weighted by Gasteiger charge is -2.18. The second kappa shape index (κ2) is 6.10. The van der Waals surface area contributed by atoms with E-state index >= 15 is 0 Å². The van der Waals surface area contributed by atoms with Gasteiger partial charge in [-0.05, 0) is 5.92 Å². The van der Waals surface area contributed by atoms with Crippen molar-refractivity contribution in [3.8, 4) is 0 Å². The van der Waals surface area contributed by atoms with E-state index in [1.807, 2.05) is 17.8 Å². The fourth-order valence-corrected chi connectivity index (χ4v) is 3.36. The van der Waals surface area contributed by atoms with Crippen LogP contribution >= 0.6 is 11.8 Å². The molecule has 94 valence electrons. The van der Waals surface area contributed by atoms with E-state index in [-0.39, 0.29) is 0 Å². The molecule has 0 spiro atoms. The van der Waals surface area contributed by atoms with Gasteiger partial charge in [-0.3, -0.25) is 4.99 Å². The van der Waals surface area contributed by atoms with Crippen LogP contribution in [0.5, 0.6) is 0 Å². The first-order chi connectivity index (χ1) is 8.33. The Kier molecular flexibility index (Phi) is 4.48. The highest BCUT2D eigenvalue weighted by molar-refractivity contribution is 8.14. The van der Waals surface area contributed by atoms with E-state index in [4.69, 9.17) is 4.52 Å². The van der Waals surface area contributed by atoms with Gasteiger partial charge in [0, 0.05) is 11.3 Å². The second-order valence-electron chi connectivity index (χ2n) is 4.21. The molecule has 17 heavy (non-hydrogen) atoms. The fourth-order valence-electron chi connectivity index (χ4n) is 2.04. The number of aromatic nitrogens is 1. The summed E-state index contributed by atoms with van der Waals surface area (Å²) in [5, 5.41) is 8.65. The summed E-state index contributed by atoms with van der Waals surface area (Å²) in [6.45, 7) is 6.13. The van der Waals surface area contributed by atoms with Crippen molar-refractivity contribution in [3.05, 3.63) is 18.0 Å². The van der Waals surface area contributed by atoms with Crippen molar-refractivity contribution in [2.75, 3.05) is 6.54 Å². The maximum absolute atomic E-state index is 5.03. The van der Waals surface area contributed by atoms with E-state index in [2.05, 4.69) is 29.3 Å². The van der Waals surface area contributed by atoms with Crippen LogP contribution in [0.1, 0.15) is 32.4 Å². The van der Waals surface area contributed by atoms with Gasteiger partial charge in [-0.2, -0.15) is 0 Å². The molecule has 0 saturated heterocycles. The minimum atomic E-state index is 0.641. The zero-order valence-corrected chi connectivity index (χ0v) is 11.2. The molecule has 0 fully saturated rings. The molecule has 0 aliphatic carbocycles. The van der Waals surface area contributed by atoms with E-state index in [9.17, 15) is 0 Å². The summed E-state index contributed by atoms with van der Waals surface area (Å²) in [4.78, 5) is 4.54. The predicted octanol–water partition coefficient (Wildman–Crippen LogP) is 2.67. The number of hydrogen-bond donors (Lipinski definition) is 1. The fraction of sp³-hybridized carbons (Fsp3) is 0.667. The van der Waals surface area contributed by atoms with Crippen LogP contribution in [0, 0.1) is 5.92 Å². The highest BCUT2D eigenvalue weighted by Gasteiger charge is 2.25. The number of nitrogens with one attached hydrogen (secondary N) is 1. The molecule has 1 unspecified atom stereocenters. The highest BCUT2D eigenvalue weighted by Crippen LogP contribution is 2.30. The smallest absolute Gasteiger partial charge is 0.157 e. The lowest BCUT2D eigenvalue weighted by atomic mass is 9.99. The van der Waals surface area contributed by atoms with E-state index in [0.717, 1.165) is 23.4 Å². The summed E-state index contributed by atoms with van der Waals surface area (Å²) < 4.78 is 5.03. The summed E-state index contributed by atoms with van der Waals surface area (Å²) in [6, 6.07) is 1.87. The number of nitrogens with zero attached hydrogens (tertiary/aromatic N) is 2. The van der Waals surface area contributed by atoms with Crippen LogP contribution < -0.4 is 5.32 Å². The van der Waals surface area contributed by atoms with Gasteiger partial charge in [0.05, 0.1) is 19.3 Å². The summed E-state index contributed by atoms with van der Waals surface area (Å²) in [7, 11) is 0. The van der Waals surface area contributed by atoms with Gasteiger partial charge in [0.15, 0.2) is 10.9 Å². The summed E-state index contributed by atoms with van der Waals surface area (Å²) in [5.41, 5.74) is 0. The number of hydrogen-bond acceptors (Lipinski definition) is 5. The number of thioether (sulfide) groups is 1. The number of amidine groups is 1. The molecule has 0 aromatic carbocycles. The molecule has 5 heteroatoms. The largest absolute Gasteiger partial charge is 0.360 e. The standard InChI is InChI=1S/C12H19N3OS/c1-3-9(4-2)11-8-14-12(17-11)13-7-10-5-6-15-16-10/h5-6,9,11H,3-4,7-8H2,1-2H3,(H,13,14). The molecule has 0 saturated carbocycles. The first kappa shape index (κ1) is 12.5. The van der Waals surface area contributed by atoms with Gasteiger partial charge in [0.1, 0.15) is 0 Å². The lowest BCUT2D eigenvalue weighted by molar-refractivity contribution is 0.381. The predicted molar refractivity (Wildman–Crippen MR) is 71.1 cm³/mol. The van der Waals surface area contributed by atoms with Crippen LogP contribution in [-0.4, -0.2) is 22.1 Å².